The first kappa shape index (κ1) is 14.5. The van der Waals surface area contributed by atoms with Crippen molar-refractivity contribution in [2.45, 2.75) is 11.5 Å². The number of nitro groups is 1. The molecule has 0 amide bonds. The van der Waals surface area contributed by atoms with Gasteiger partial charge in [0, 0.05) is 10.7 Å². The molecule has 0 N–H and O–H groups in total. The van der Waals surface area contributed by atoms with Crippen LogP contribution in [-0.4, -0.2) is 20.0 Å². The molecule has 0 heterocycles. The molecule has 1 aromatic rings. The van der Waals surface area contributed by atoms with Crippen molar-refractivity contribution in [3.8, 4) is 5.75 Å². The molecular formula is C7H3ClF3NO5S. The van der Waals surface area contributed by atoms with Gasteiger partial charge in [-0.15, -0.1) is 0 Å². The van der Waals surface area contributed by atoms with Crippen molar-refractivity contribution < 1.29 is 31.2 Å². The van der Waals surface area contributed by atoms with Gasteiger partial charge in [-0.1, -0.05) is 0 Å². The highest BCUT2D eigenvalue weighted by Crippen LogP contribution is 2.38. The van der Waals surface area contributed by atoms with Gasteiger partial charge in [0.05, 0.1) is 4.92 Å². The summed E-state index contributed by atoms with van der Waals surface area (Å²) in [5.41, 5.74) is -1.53. The number of ether oxygens (including phenoxy) is 1. The number of nitro benzene ring substituents is 1. The van der Waals surface area contributed by atoms with Crippen LogP contribution in [0, 0.1) is 15.9 Å². The largest absolute Gasteiger partial charge is 0.426 e. The second-order valence-corrected chi connectivity index (χ2v) is 5.33. The van der Waals surface area contributed by atoms with Crippen molar-refractivity contribution in [1.29, 1.82) is 0 Å². The summed E-state index contributed by atoms with van der Waals surface area (Å²) < 4.78 is 62.9. The first-order valence-electron chi connectivity index (χ1n) is 4.01. The molecule has 0 aliphatic rings. The predicted molar refractivity (Wildman–Crippen MR) is 52.7 cm³/mol. The average molecular weight is 306 g/mol. The van der Waals surface area contributed by atoms with Crippen LogP contribution in [0.5, 0.6) is 5.75 Å². The van der Waals surface area contributed by atoms with Crippen molar-refractivity contribution in [2.24, 2.45) is 0 Å². The SMILES string of the molecule is O=[N+]([O-])c1c(F)ccc(S(=O)(=O)Cl)c1OC(F)F. The molecule has 6 nitrogen and oxygen atoms in total. The van der Waals surface area contributed by atoms with Crippen LogP contribution in [0.25, 0.3) is 0 Å². The topological polar surface area (TPSA) is 86.5 Å². The summed E-state index contributed by atoms with van der Waals surface area (Å²) in [5, 5.41) is 10.5. The highest BCUT2D eigenvalue weighted by atomic mass is 35.7. The molecule has 0 unspecified atom stereocenters. The fraction of sp³-hybridized carbons (Fsp3) is 0.143. The maximum atomic E-state index is 13.1. The van der Waals surface area contributed by atoms with Gasteiger partial charge < -0.3 is 4.74 Å². The van der Waals surface area contributed by atoms with Crippen LogP contribution in [0.2, 0.25) is 0 Å². The molecule has 100 valence electrons. The number of halogens is 4. The van der Waals surface area contributed by atoms with Crippen LogP contribution < -0.4 is 4.74 Å². The van der Waals surface area contributed by atoms with Gasteiger partial charge in [-0.05, 0) is 12.1 Å². The van der Waals surface area contributed by atoms with Gasteiger partial charge >= 0.3 is 12.3 Å². The lowest BCUT2D eigenvalue weighted by Crippen LogP contribution is -2.09. The minimum atomic E-state index is -4.61. The Kier molecular flexibility index (Phi) is 4.02. The fourth-order valence-electron chi connectivity index (χ4n) is 1.09. The summed E-state index contributed by atoms with van der Waals surface area (Å²) in [6.45, 7) is -3.58. The van der Waals surface area contributed by atoms with Gasteiger partial charge in [0.15, 0.2) is 0 Å². The summed E-state index contributed by atoms with van der Waals surface area (Å²) >= 11 is 0. The van der Waals surface area contributed by atoms with Crippen molar-refractivity contribution >= 4 is 25.4 Å². The second-order valence-electron chi connectivity index (χ2n) is 2.80. The molecule has 0 aromatic heterocycles. The molecule has 0 saturated carbocycles. The number of hydrogen-bond acceptors (Lipinski definition) is 5. The van der Waals surface area contributed by atoms with Gasteiger partial charge in [0.25, 0.3) is 9.05 Å². The monoisotopic (exact) mass is 305 g/mol. The number of rotatable bonds is 4. The van der Waals surface area contributed by atoms with E-state index in [9.17, 15) is 31.7 Å². The van der Waals surface area contributed by atoms with Crippen molar-refractivity contribution in [3.05, 3.63) is 28.1 Å². The highest BCUT2D eigenvalue weighted by molar-refractivity contribution is 8.13. The molecule has 0 aliphatic carbocycles. The minimum absolute atomic E-state index is 0.408. The lowest BCUT2D eigenvalue weighted by atomic mass is 10.3. The molecule has 0 fully saturated rings. The summed E-state index contributed by atoms with van der Waals surface area (Å²) in [6.07, 6.45) is 0. The fourth-order valence-corrected chi connectivity index (χ4v) is 2.06. The number of nitrogens with zero attached hydrogens (tertiary/aromatic N) is 1. The van der Waals surface area contributed by atoms with E-state index in [1.807, 2.05) is 0 Å². The molecule has 0 aliphatic heterocycles. The molecule has 0 bridgehead atoms. The Morgan fingerprint density at radius 2 is 1.94 bits per heavy atom. The smallest absolute Gasteiger partial charge is 0.387 e. The molecule has 0 atom stereocenters. The number of benzene rings is 1. The van der Waals surface area contributed by atoms with Gasteiger partial charge in [-0.3, -0.25) is 10.1 Å². The van der Waals surface area contributed by atoms with E-state index in [4.69, 9.17) is 10.7 Å². The van der Waals surface area contributed by atoms with Crippen LogP contribution in [-0.2, 0) is 9.05 Å². The van der Waals surface area contributed by atoms with E-state index in [1.54, 1.807) is 0 Å². The van der Waals surface area contributed by atoms with E-state index in [0.29, 0.717) is 12.1 Å². The molecule has 0 saturated heterocycles. The van der Waals surface area contributed by atoms with E-state index < -0.39 is 42.7 Å². The Morgan fingerprint density at radius 1 is 1.39 bits per heavy atom. The maximum Gasteiger partial charge on any atom is 0.387 e. The van der Waals surface area contributed by atoms with Crippen LogP contribution in [0.15, 0.2) is 17.0 Å². The van der Waals surface area contributed by atoms with Gasteiger partial charge in [-0.2, -0.15) is 13.2 Å². The highest BCUT2D eigenvalue weighted by Gasteiger charge is 2.32. The van der Waals surface area contributed by atoms with Gasteiger partial charge in [-0.25, -0.2) is 8.42 Å². The zero-order valence-electron chi connectivity index (χ0n) is 8.14. The molecule has 0 radical (unpaired) electrons. The van der Waals surface area contributed by atoms with E-state index in [0.717, 1.165) is 0 Å². The summed E-state index contributed by atoms with van der Waals surface area (Å²) in [7, 11) is 0.269. The third-order valence-corrected chi connectivity index (χ3v) is 3.04. The molecule has 11 heteroatoms. The Balaban J connectivity index is 3.65. The van der Waals surface area contributed by atoms with E-state index in [1.165, 1.54) is 0 Å². The quantitative estimate of drug-likeness (QED) is 0.484. The standard InChI is InChI=1S/C7H3ClF3NO5S/c8-18(15,16)4-2-1-3(9)5(12(13)14)6(4)17-7(10)11/h1-2,7H. The lowest BCUT2D eigenvalue weighted by molar-refractivity contribution is -0.389. The molecule has 1 rings (SSSR count). The van der Waals surface area contributed by atoms with Gasteiger partial charge in [0.1, 0.15) is 4.90 Å². The van der Waals surface area contributed by atoms with Crippen LogP contribution in [0.3, 0.4) is 0 Å². The summed E-state index contributed by atoms with van der Waals surface area (Å²) in [4.78, 5) is 8.00. The zero-order valence-corrected chi connectivity index (χ0v) is 9.71. The average Bonchev–Trinajstić information content (AvgIpc) is 2.13. The first-order valence-corrected chi connectivity index (χ1v) is 6.32. The van der Waals surface area contributed by atoms with Crippen LogP contribution in [0.4, 0.5) is 18.9 Å². The molecule has 1 aromatic carbocycles. The van der Waals surface area contributed by atoms with Crippen molar-refractivity contribution in [2.75, 3.05) is 0 Å². The van der Waals surface area contributed by atoms with Crippen LogP contribution in [0.1, 0.15) is 0 Å². The molecular weight excluding hydrogens is 303 g/mol. The van der Waals surface area contributed by atoms with Crippen LogP contribution >= 0.6 is 10.7 Å². The van der Waals surface area contributed by atoms with Crippen molar-refractivity contribution in [1.82, 2.24) is 0 Å². The molecule has 0 spiro atoms. The second kappa shape index (κ2) is 4.98. The Morgan fingerprint density at radius 3 is 2.33 bits per heavy atom. The number of hydrogen-bond donors (Lipinski definition) is 0. The maximum absolute atomic E-state index is 13.1. The number of alkyl halides is 2. The third kappa shape index (κ3) is 3.01. The Hall–Kier alpha value is -1.55. The van der Waals surface area contributed by atoms with E-state index >= 15 is 0 Å². The van der Waals surface area contributed by atoms with Gasteiger partial charge in [0.2, 0.25) is 11.6 Å². The summed E-state index contributed by atoms with van der Waals surface area (Å²) in [6, 6.07) is 0.897. The Labute approximate surface area is 102 Å². The third-order valence-electron chi connectivity index (χ3n) is 1.70. The first-order chi connectivity index (χ1) is 8.14. The lowest BCUT2D eigenvalue weighted by Gasteiger charge is -2.09. The van der Waals surface area contributed by atoms with E-state index in [2.05, 4.69) is 4.74 Å². The zero-order chi connectivity index (χ0) is 14.1. The van der Waals surface area contributed by atoms with E-state index in [-0.39, 0.29) is 0 Å². The Bertz CT molecular complexity index is 591. The van der Waals surface area contributed by atoms with Crippen molar-refractivity contribution in [3.63, 3.8) is 0 Å². The summed E-state index contributed by atoms with van der Waals surface area (Å²) in [5.74, 6) is -2.97. The molecule has 18 heavy (non-hydrogen) atoms. The minimum Gasteiger partial charge on any atom is -0.426 e. The predicted octanol–water partition coefficient (Wildman–Crippen LogP) is 2.26. The normalized spacial score (nSPS) is 11.6.